The molecule has 0 radical (unpaired) electrons. The lowest BCUT2D eigenvalue weighted by atomic mass is 9.52. The van der Waals surface area contributed by atoms with E-state index in [9.17, 15) is 0 Å². The first kappa shape index (κ1) is 14.1. The van der Waals surface area contributed by atoms with Crippen molar-refractivity contribution < 1.29 is 28.5 Å². The van der Waals surface area contributed by atoms with Crippen molar-refractivity contribution >= 4 is 0 Å². The molecule has 0 aromatic carbocycles. The van der Waals surface area contributed by atoms with E-state index in [0.717, 1.165) is 17.8 Å². The van der Waals surface area contributed by atoms with Gasteiger partial charge in [0.2, 0.25) is 0 Å². The summed E-state index contributed by atoms with van der Waals surface area (Å²) >= 11 is 0. The van der Waals surface area contributed by atoms with Crippen molar-refractivity contribution in [3.05, 3.63) is 0 Å². The number of rotatable bonds is 3. The minimum Gasteiger partial charge on any atom is -1.00 e. The van der Waals surface area contributed by atoms with Gasteiger partial charge >= 0.3 is 0 Å². The van der Waals surface area contributed by atoms with Crippen LogP contribution in [0.5, 0.6) is 0 Å². The first-order valence-electron chi connectivity index (χ1n) is 7.45. The molecule has 4 aliphatic rings. The molecule has 1 nitrogen and oxygen atoms in total. The van der Waals surface area contributed by atoms with Crippen LogP contribution in [-0.2, 0) is 0 Å². The van der Waals surface area contributed by atoms with Crippen molar-refractivity contribution in [2.75, 3.05) is 20.1 Å². The van der Waals surface area contributed by atoms with Gasteiger partial charge in [-0.1, -0.05) is 0 Å². The minimum absolute atomic E-state index is 0. The minimum atomic E-state index is 0. The van der Waals surface area contributed by atoms with Crippen molar-refractivity contribution in [2.24, 2.45) is 17.8 Å². The van der Waals surface area contributed by atoms with Crippen LogP contribution < -0.4 is 24.0 Å². The molecule has 100 valence electrons. The lowest BCUT2D eigenvalue weighted by Gasteiger charge is -2.63. The Labute approximate surface area is 124 Å². The zero-order valence-electron chi connectivity index (χ0n) is 11.7. The van der Waals surface area contributed by atoms with Crippen molar-refractivity contribution in [3.63, 3.8) is 0 Å². The monoisotopic (exact) mass is 349 g/mol. The molecule has 0 atom stereocenters. The van der Waals surface area contributed by atoms with Crippen molar-refractivity contribution in [2.45, 2.75) is 57.9 Å². The Morgan fingerprint density at radius 2 is 1.24 bits per heavy atom. The van der Waals surface area contributed by atoms with Crippen molar-refractivity contribution in [1.29, 1.82) is 0 Å². The Balaban J connectivity index is 0.00000108. The summed E-state index contributed by atoms with van der Waals surface area (Å²) in [5.74, 6) is 3.30. The highest BCUT2D eigenvalue weighted by Crippen LogP contribution is 2.59. The average molecular weight is 349 g/mol. The van der Waals surface area contributed by atoms with Crippen LogP contribution in [-0.4, -0.2) is 30.2 Å². The molecule has 4 rings (SSSR count). The largest absolute Gasteiger partial charge is 1.00 e. The molecule has 0 unspecified atom stereocenters. The molecular formula is C15H28IN. The number of hydrogen-bond donors (Lipinski definition) is 0. The van der Waals surface area contributed by atoms with E-state index in [1.807, 2.05) is 0 Å². The van der Waals surface area contributed by atoms with E-state index >= 15 is 0 Å². The van der Waals surface area contributed by atoms with Gasteiger partial charge in [-0.3, -0.25) is 0 Å². The maximum Gasteiger partial charge on any atom is 0.0998 e. The normalized spacial score (nSPS) is 43.6. The Bertz CT molecular complexity index is 247. The molecule has 4 aliphatic carbocycles. The van der Waals surface area contributed by atoms with Crippen LogP contribution in [0.2, 0.25) is 0 Å². The quantitative estimate of drug-likeness (QED) is 0.513. The maximum absolute atomic E-state index is 2.53. The highest BCUT2D eigenvalue weighted by molar-refractivity contribution is 5.03. The summed E-state index contributed by atoms with van der Waals surface area (Å²) in [5, 5.41) is 0. The van der Waals surface area contributed by atoms with Gasteiger partial charge in [0.25, 0.3) is 0 Å². The van der Waals surface area contributed by atoms with Gasteiger partial charge in [0, 0.05) is 19.3 Å². The predicted octanol–water partition coefficient (Wildman–Crippen LogP) is 0.446. The van der Waals surface area contributed by atoms with Crippen LogP contribution in [0.25, 0.3) is 0 Å². The lowest BCUT2D eigenvalue weighted by Crippen LogP contribution is -3.00. The van der Waals surface area contributed by atoms with Crippen LogP contribution in [0.3, 0.4) is 0 Å². The molecule has 4 fully saturated rings. The van der Waals surface area contributed by atoms with Gasteiger partial charge in [0.05, 0.1) is 25.7 Å². The molecule has 0 amide bonds. The number of halogens is 1. The molecule has 2 heteroatoms. The van der Waals surface area contributed by atoms with Gasteiger partial charge < -0.3 is 28.5 Å². The molecule has 0 aliphatic heterocycles. The highest BCUT2D eigenvalue weighted by atomic mass is 127. The fourth-order valence-electron chi connectivity index (χ4n) is 5.62. The predicted molar refractivity (Wildman–Crippen MR) is 68.2 cm³/mol. The van der Waals surface area contributed by atoms with E-state index in [0.29, 0.717) is 5.54 Å². The summed E-state index contributed by atoms with van der Waals surface area (Å²) in [7, 11) is 2.53. The number of quaternary nitrogens is 1. The van der Waals surface area contributed by atoms with E-state index < -0.39 is 0 Å². The fraction of sp³-hybridized carbons (Fsp3) is 1.00. The zero-order valence-corrected chi connectivity index (χ0v) is 13.9. The Morgan fingerprint density at radius 3 is 1.53 bits per heavy atom. The standard InChI is InChI=1S/C15H28N.HI/c1-4-16(3,5-2)15-9-12-6-13(10-15)8-14(7-12)11-15;/h12-14H,4-11H2,1-3H3;1H/q+1;/p-1. The lowest BCUT2D eigenvalue weighted by molar-refractivity contribution is -0.962. The fourth-order valence-corrected chi connectivity index (χ4v) is 5.62. The topological polar surface area (TPSA) is 0 Å². The van der Waals surface area contributed by atoms with Crippen LogP contribution in [0, 0.1) is 17.8 Å². The molecule has 0 aromatic heterocycles. The van der Waals surface area contributed by atoms with Gasteiger partial charge in [0.1, 0.15) is 0 Å². The number of hydrogen-bond acceptors (Lipinski definition) is 0. The average Bonchev–Trinajstić information content (AvgIpc) is 2.26. The molecule has 0 N–H and O–H groups in total. The van der Waals surface area contributed by atoms with Crippen LogP contribution in [0.1, 0.15) is 52.4 Å². The summed E-state index contributed by atoms with van der Waals surface area (Å²) in [4.78, 5) is 0. The van der Waals surface area contributed by atoms with Crippen LogP contribution in [0.15, 0.2) is 0 Å². The molecule has 4 bridgehead atoms. The third-order valence-corrected chi connectivity index (χ3v) is 6.55. The molecule has 0 spiro atoms. The van der Waals surface area contributed by atoms with E-state index in [2.05, 4.69) is 20.9 Å². The molecule has 0 aromatic rings. The van der Waals surface area contributed by atoms with Crippen LogP contribution in [0.4, 0.5) is 0 Å². The summed E-state index contributed by atoms with van der Waals surface area (Å²) in [6.45, 7) is 7.48. The SMILES string of the molecule is CC[N+](C)(CC)C12CC3CC(CC(C3)C1)C2.[I-]. The number of nitrogens with zero attached hydrogens (tertiary/aromatic N) is 1. The second kappa shape index (κ2) is 4.66. The Hall–Kier alpha value is 0.690. The zero-order chi connectivity index (χ0) is 11.4. The van der Waals surface area contributed by atoms with Crippen molar-refractivity contribution in [1.82, 2.24) is 0 Å². The maximum atomic E-state index is 2.53. The van der Waals surface area contributed by atoms with E-state index in [4.69, 9.17) is 0 Å². The van der Waals surface area contributed by atoms with E-state index in [1.165, 1.54) is 17.6 Å². The first-order chi connectivity index (χ1) is 7.61. The summed E-state index contributed by atoms with van der Waals surface area (Å²) in [6.07, 6.45) is 9.39. The van der Waals surface area contributed by atoms with Gasteiger partial charge in [-0.25, -0.2) is 0 Å². The molecular weight excluding hydrogens is 321 g/mol. The Kier molecular flexibility index (Phi) is 3.87. The smallest absolute Gasteiger partial charge is 0.0998 e. The van der Waals surface area contributed by atoms with E-state index in [-0.39, 0.29) is 24.0 Å². The Morgan fingerprint density at radius 1 is 0.882 bits per heavy atom. The molecule has 0 heterocycles. The van der Waals surface area contributed by atoms with Gasteiger partial charge in [-0.05, 0) is 50.9 Å². The van der Waals surface area contributed by atoms with Gasteiger partial charge in [-0.2, -0.15) is 0 Å². The second-order valence-electron chi connectivity index (χ2n) is 7.17. The molecule has 17 heavy (non-hydrogen) atoms. The third kappa shape index (κ3) is 1.98. The summed E-state index contributed by atoms with van der Waals surface area (Å²) in [6, 6.07) is 0. The summed E-state index contributed by atoms with van der Waals surface area (Å²) < 4.78 is 1.36. The van der Waals surface area contributed by atoms with Gasteiger partial charge in [0.15, 0.2) is 0 Å². The highest BCUT2D eigenvalue weighted by Gasteiger charge is 2.58. The molecule has 4 saturated carbocycles. The van der Waals surface area contributed by atoms with Gasteiger partial charge in [-0.15, -0.1) is 0 Å². The third-order valence-electron chi connectivity index (χ3n) is 6.55. The first-order valence-corrected chi connectivity index (χ1v) is 7.45. The van der Waals surface area contributed by atoms with E-state index in [1.54, 1.807) is 38.5 Å². The molecule has 0 saturated heterocycles. The van der Waals surface area contributed by atoms with Crippen molar-refractivity contribution in [3.8, 4) is 0 Å². The second-order valence-corrected chi connectivity index (χ2v) is 7.17. The van der Waals surface area contributed by atoms with Crippen LogP contribution >= 0.6 is 0 Å². The summed E-state index contributed by atoms with van der Waals surface area (Å²) in [5.41, 5.74) is 0.693.